The summed E-state index contributed by atoms with van der Waals surface area (Å²) in [5.41, 5.74) is 9.84. The Labute approximate surface area is 130 Å². The highest BCUT2D eigenvalue weighted by molar-refractivity contribution is 9.10. The van der Waals surface area contributed by atoms with Crippen LogP contribution >= 0.6 is 15.9 Å². The first-order chi connectivity index (χ1) is 10.0. The Bertz CT molecular complexity index is 828. The summed E-state index contributed by atoms with van der Waals surface area (Å²) in [7, 11) is 0. The van der Waals surface area contributed by atoms with Gasteiger partial charge in [0.2, 0.25) is 0 Å². The van der Waals surface area contributed by atoms with E-state index in [2.05, 4.69) is 26.2 Å². The van der Waals surface area contributed by atoms with Gasteiger partial charge in [-0.25, -0.2) is 4.39 Å². The number of nitrogen functional groups attached to an aromatic ring is 1. The Morgan fingerprint density at radius 3 is 2.76 bits per heavy atom. The first-order valence-electron chi connectivity index (χ1n) is 6.41. The van der Waals surface area contributed by atoms with Crippen LogP contribution in [0.2, 0.25) is 0 Å². The first-order valence-corrected chi connectivity index (χ1v) is 7.21. The number of benzene rings is 2. The van der Waals surface area contributed by atoms with Crippen LogP contribution in [0.1, 0.15) is 5.56 Å². The molecular formula is C16H13BrFN3. The minimum Gasteiger partial charge on any atom is -0.396 e. The van der Waals surface area contributed by atoms with Gasteiger partial charge in [0, 0.05) is 15.5 Å². The lowest BCUT2D eigenvalue weighted by Crippen LogP contribution is -2.00. The van der Waals surface area contributed by atoms with E-state index in [1.54, 1.807) is 12.3 Å². The molecule has 0 bridgehead atoms. The van der Waals surface area contributed by atoms with Gasteiger partial charge in [-0.15, -0.1) is 0 Å². The molecule has 0 radical (unpaired) electrons. The summed E-state index contributed by atoms with van der Waals surface area (Å²) in [6.07, 6.45) is 1.62. The smallest absolute Gasteiger partial charge is 0.123 e. The van der Waals surface area contributed by atoms with E-state index in [0.29, 0.717) is 5.69 Å². The normalized spacial score (nSPS) is 10.8. The van der Waals surface area contributed by atoms with Crippen molar-refractivity contribution in [1.29, 1.82) is 0 Å². The van der Waals surface area contributed by atoms with Crippen LogP contribution in [0.15, 0.2) is 47.1 Å². The van der Waals surface area contributed by atoms with Crippen molar-refractivity contribution in [2.75, 3.05) is 11.1 Å². The molecule has 3 rings (SSSR count). The summed E-state index contributed by atoms with van der Waals surface area (Å²) in [6, 6.07) is 10.4. The zero-order valence-electron chi connectivity index (χ0n) is 11.3. The lowest BCUT2D eigenvalue weighted by molar-refractivity contribution is 0.627. The SMILES string of the molecule is Cc1cc(F)ccc1Nc1c(N)cnc2ccc(Br)cc12. The molecule has 21 heavy (non-hydrogen) atoms. The number of rotatable bonds is 2. The third-order valence-electron chi connectivity index (χ3n) is 3.31. The maximum absolute atomic E-state index is 13.2. The number of nitrogens with one attached hydrogen (secondary N) is 1. The molecule has 0 atom stereocenters. The number of anilines is 3. The number of fused-ring (bicyclic) bond motifs is 1. The summed E-state index contributed by atoms with van der Waals surface area (Å²) in [5.74, 6) is -0.256. The quantitative estimate of drug-likeness (QED) is 0.703. The Hall–Kier alpha value is -2.14. The minimum absolute atomic E-state index is 0.256. The predicted molar refractivity (Wildman–Crippen MR) is 88.3 cm³/mol. The van der Waals surface area contributed by atoms with E-state index in [1.807, 2.05) is 25.1 Å². The van der Waals surface area contributed by atoms with E-state index < -0.39 is 0 Å². The molecule has 2 aromatic carbocycles. The zero-order chi connectivity index (χ0) is 15.0. The van der Waals surface area contributed by atoms with Gasteiger partial charge in [0.05, 0.1) is 23.1 Å². The van der Waals surface area contributed by atoms with E-state index >= 15 is 0 Å². The molecule has 1 heterocycles. The number of hydrogen-bond acceptors (Lipinski definition) is 3. The molecule has 0 aliphatic carbocycles. The van der Waals surface area contributed by atoms with Gasteiger partial charge in [-0.05, 0) is 48.9 Å². The number of pyridine rings is 1. The maximum atomic E-state index is 13.2. The van der Waals surface area contributed by atoms with Crippen LogP contribution in [0.25, 0.3) is 10.9 Å². The van der Waals surface area contributed by atoms with E-state index in [0.717, 1.165) is 32.3 Å². The summed E-state index contributed by atoms with van der Waals surface area (Å²) in [5, 5.41) is 4.20. The number of halogens is 2. The lowest BCUT2D eigenvalue weighted by Gasteiger charge is -2.14. The van der Waals surface area contributed by atoms with Gasteiger partial charge in [-0.2, -0.15) is 0 Å². The van der Waals surface area contributed by atoms with Gasteiger partial charge < -0.3 is 11.1 Å². The molecule has 0 aliphatic rings. The summed E-state index contributed by atoms with van der Waals surface area (Å²) < 4.78 is 14.1. The highest BCUT2D eigenvalue weighted by Crippen LogP contribution is 2.33. The van der Waals surface area contributed by atoms with Crippen molar-refractivity contribution in [3.05, 3.63) is 58.4 Å². The van der Waals surface area contributed by atoms with Gasteiger partial charge in [0.1, 0.15) is 5.82 Å². The Kier molecular flexibility index (Phi) is 3.51. The van der Waals surface area contributed by atoms with Crippen LogP contribution in [0.4, 0.5) is 21.5 Å². The van der Waals surface area contributed by atoms with Crippen molar-refractivity contribution in [1.82, 2.24) is 4.98 Å². The van der Waals surface area contributed by atoms with Gasteiger partial charge in [0.25, 0.3) is 0 Å². The monoisotopic (exact) mass is 345 g/mol. The van der Waals surface area contributed by atoms with Crippen LogP contribution in [-0.2, 0) is 0 Å². The lowest BCUT2D eigenvalue weighted by atomic mass is 10.1. The highest BCUT2D eigenvalue weighted by Gasteiger charge is 2.09. The second-order valence-electron chi connectivity index (χ2n) is 4.83. The third kappa shape index (κ3) is 2.69. The van der Waals surface area contributed by atoms with Crippen molar-refractivity contribution in [3.8, 4) is 0 Å². The molecule has 1 aromatic heterocycles. The Morgan fingerprint density at radius 2 is 2.00 bits per heavy atom. The van der Waals surface area contributed by atoms with Gasteiger partial charge >= 0.3 is 0 Å². The largest absolute Gasteiger partial charge is 0.396 e. The highest BCUT2D eigenvalue weighted by atomic mass is 79.9. The minimum atomic E-state index is -0.256. The molecule has 5 heteroatoms. The average Bonchev–Trinajstić information content (AvgIpc) is 2.44. The van der Waals surface area contributed by atoms with Crippen molar-refractivity contribution in [3.63, 3.8) is 0 Å². The predicted octanol–water partition coefficient (Wildman–Crippen LogP) is 4.77. The van der Waals surface area contributed by atoms with Gasteiger partial charge in [-0.1, -0.05) is 15.9 Å². The molecule has 0 saturated heterocycles. The fourth-order valence-corrected chi connectivity index (χ4v) is 2.58. The van der Waals surface area contributed by atoms with Crippen molar-refractivity contribution < 1.29 is 4.39 Å². The molecule has 0 unspecified atom stereocenters. The Morgan fingerprint density at radius 1 is 1.19 bits per heavy atom. The van der Waals surface area contributed by atoms with Crippen LogP contribution in [0, 0.1) is 12.7 Å². The van der Waals surface area contributed by atoms with E-state index in [1.165, 1.54) is 12.1 Å². The van der Waals surface area contributed by atoms with Crippen LogP contribution in [-0.4, -0.2) is 4.98 Å². The number of nitrogens with two attached hydrogens (primary N) is 1. The van der Waals surface area contributed by atoms with Crippen LogP contribution in [0.3, 0.4) is 0 Å². The molecule has 0 saturated carbocycles. The van der Waals surface area contributed by atoms with Crippen LogP contribution < -0.4 is 11.1 Å². The van der Waals surface area contributed by atoms with Crippen molar-refractivity contribution in [2.24, 2.45) is 0 Å². The molecule has 0 fully saturated rings. The molecular weight excluding hydrogens is 333 g/mol. The standard InChI is InChI=1S/C16H13BrFN3/c1-9-6-11(18)3-5-14(9)21-16-12-7-10(17)2-4-15(12)20-8-13(16)19/h2-8H,19H2,1H3,(H,20,21). The van der Waals surface area contributed by atoms with Crippen molar-refractivity contribution in [2.45, 2.75) is 6.92 Å². The fourth-order valence-electron chi connectivity index (χ4n) is 2.22. The summed E-state index contributed by atoms with van der Waals surface area (Å²) in [6.45, 7) is 1.85. The fraction of sp³-hybridized carbons (Fsp3) is 0.0625. The second kappa shape index (κ2) is 5.33. The topological polar surface area (TPSA) is 50.9 Å². The maximum Gasteiger partial charge on any atom is 0.123 e. The molecule has 0 amide bonds. The number of aryl methyl sites for hydroxylation is 1. The van der Waals surface area contributed by atoms with Crippen molar-refractivity contribution >= 4 is 43.9 Å². The molecule has 106 valence electrons. The van der Waals surface area contributed by atoms with Gasteiger partial charge in [0.15, 0.2) is 0 Å². The molecule has 0 aliphatic heterocycles. The average molecular weight is 346 g/mol. The number of aromatic nitrogens is 1. The Balaban J connectivity index is 2.15. The number of nitrogens with zero attached hydrogens (tertiary/aromatic N) is 1. The zero-order valence-corrected chi connectivity index (χ0v) is 12.9. The second-order valence-corrected chi connectivity index (χ2v) is 5.75. The van der Waals surface area contributed by atoms with E-state index in [4.69, 9.17) is 5.73 Å². The molecule has 3 N–H and O–H groups in total. The van der Waals surface area contributed by atoms with E-state index in [-0.39, 0.29) is 5.82 Å². The summed E-state index contributed by atoms with van der Waals surface area (Å²) >= 11 is 3.45. The summed E-state index contributed by atoms with van der Waals surface area (Å²) in [4.78, 5) is 4.31. The number of hydrogen-bond donors (Lipinski definition) is 2. The van der Waals surface area contributed by atoms with E-state index in [9.17, 15) is 4.39 Å². The molecule has 0 spiro atoms. The first kappa shape index (κ1) is 13.8. The third-order valence-corrected chi connectivity index (χ3v) is 3.80. The molecule has 3 nitrogen and oxygen atoms in total. The van der Waals surface area contributed by atoms with Gasteiger partial charge in [-0.3, -0.25) is 4.98 Å². The molecule has 3 aromatic rings. The van der Waals surface area contributed by atoms with Crippen LogP contribution in [0.5, 0.6) is 0 Å².